The molecule has 2 heteroatoms. The highest BCUT2D eigenvalue weighted by molar-refractivity contribution is 5.56. The van der Waals surface area contributed by atoms with E-state index in [4.69, 9.17) is 0 Å². The molecule has 0 aliphatic carbocycles. The molecule has 0 bridgehead atoms. The van der Waals surface area contributed by atoms with E-state index >= 15 is 0 Å². The van der Waals surface area contributed by atoms with Gasteiger partial charge in [-0.05, 0) is 6.92 Å². The zero-order chi connectivity index (χ0) is 13.2. The van der Waals surface area contributed by atoms with Crippen LogP contribution in [0.4, 0.5) is 0 Å². The minimum absolute atomic E-state index is 0.146. The molecule has 0 radical (unpaired) electrons. The van der Waals surface area contributed by atoms with E-state index in [0.717, 1.165) is 5.56 Å². The fourth-order valence-electron chi connectivity index (χ4n) is 1.32. The number of aryl methyl sites for hydroxylation is 1. The van der Waals surface area contributed by atoms with Crippen LogP contribution in [-0.4, -0.2) is 12.2 Å². The van der Waals surface area contributed by atoms with Crippen LogP contribution in [0.15, 0.2) is 66.9 Å². The summed E-state index contributed by atoms with van der Waals surface area (Å²) in [6, 6.07) is 19.5. The Bertz CT molecular complexity index is 461. The van der Waals surface area contributed by atoms with E-state index in [1.807, 2.05) is 48.5 Å². The lowest BCUT2D eigenvalue weighted by Gasteiger charge is -1.97. The Morgan fingerprint density at radius 2 is 1.44 bits per heavy atom. The summed E-state index contributed by atoms with van der Waals surface area (Å²) in [5, 5.41) is 9.26. The second kappa shape index (κ2) is 7.96. The SMILES string of the molecule is COC=C(O)c1ccccc1.Cc1ccccc1. The normalized spacial score (nSPS) is 10.2. The molecule has 2 nitrogen and oxygen atoms in total. The van der Waals surface area contributed by atoms with E-state index in [-0.39, 0.29) is 5.76 Å². The number of aliphatic hydroxyl groups is 1. The van der Waals surface area contributed by atoms with Crippen LogP contribution in [0.25, 0.3) is 5.76 Å². The van der Waals surface area contributed by atoms with Crippen LogP contribution in [0.3, 0.4) is 0 Å². The number of hydrogen-bond acceptors (Lipinski definition) is 2. The molecule has 0 aliphatic heterocycles. The molecule has 0 aliphatic rings. The van der Waals surface area contributed by atoms with Gasteiger partial charge in [0.05, 0.1) is 7.11 Å². The lowest BCUT2D eigenvalue weighted by Crippen LogP contribution is -1.81. The van der Waals surface area contributed by atoms with Crippen LogP contribution in [0.2, 0.25) is 0 Å². The monoisotopic (exact) mass is 242 g/mol. The van der Waals surface area contributed by atoms with Crippen molar-refractivity contribution >= 4 is 5.76 Å². The molecular weight excluding hydrogens is 224 g/mol. The first kappa shape index (κ1) is 13.8. The summed E-state index contributed by atoms with van der Waals surface area (Å²) in [6.45, 7) is 2.08. The van der Waals surface area contributed by atoms with Gasteiger partial charge in [0.25, 0.3) is 0 Å². The van der Waals surface area contributed by atoms with Crippen molar-refractivity contribution in [3.63, 3.8) is 0 Å². The molecule has 0 saturated carbocycles. The number of methoxy groups -OCH3 is 1. The third kappa shape index (κ3) is 5.21. The van der Waals surface area contributed by atoms with Crippen molar-refractivity contribution in [1.82, 2.24) is 0 Å². The maximum absolute atomic E-state index is 9.26. The smallest absolute Gasteiger partial charge is 0.157 e. The molecule has 0 heterocycles. The third-order valence-corrected chi connectivity index (χ3v) is 2.24. The lowest BCUT2D eigenvalue weighted by atomic mass is 10.2. The van der Waals surface area contributed by atoms with Gasteiger partial charge in [-0.15, -0.1) is 0 Å². The minimum Gasteiger partial charge on any atom is -0.504 e. The van der Waals surface area contributed by atoms with Crippen molar-refractivity contribution < 1.29 is 9.84 Å². The topological polar surface area (TPSA) is 29.5 Å². The van der Waals surface area contributed by atoms with Gasteiger partial charge in [0.1, 0.15) is 6.26 Å². The van der Waals surface area contributed by atoms with Gasteiger partial charge in [-0.2, -0.15) is 0 Å². The maximum atomic E-state index is 9.26. The second-order valence-corrected chi connectivity index (χ2v) is 3.76. The van der Waals surface area contributed by atoms with Crippen LogP contribution >= 0.6 is 0 Å². The van der Waals surface area contributed by atoms with E-state index < -0.39 is 0 Å². The van der Waals surface area contributed by atoms with E-state index in [9.17, 15) is 5.11 Å². The van der Waals surface area contributed by atoms with Gasteiger partial charge in [0, 0.05) is 5.56 Å². The zero-order valence-corrected chi connectivity index (χ0v) is 10.7. The summed E-state index contributed by atoms with van der Waals surface area (Å²) in [6.07, 6.45) is 1.30. The molecule has 0 spiro atoms. The highest BCUT2D eigenvalue weighted by atomic mass is 16.5. The summed E-state index contributed by atoms with van der Waals surface area (Å²) in [5.41, 5.74) is 2.08. The number of benzene rings is 2. The van der Waals surface area contributed by atoms with Crippen molar-refractivity contribution in [3.05, 3.63) is 78.1 Å². The molecule has 0 aromatic heterocycles. The molecular formula is C16H18O2. The quantitative estimate of drug-likeness (QED) is 0.800. The van der Waals surface area contributed by atoms with E-state index in [1.165, 1.54) is 18.9 Å². The van der Waals surface area contributed by atoms with Crippen LogP contribution in [0.1, 0.15) is 11.1 Å². The highest BCUT2D eigenvalue weighted by Gasteiger charge is 1.94. The van der Waals surface area contributed by atoms with Crippen LogP contribution in [0.5, 0.6) is 0 Å². The van der Waals surface area contributed by atoms with E-state index in [0.29, 0.717) is 0 Å². The average Bonchev–Trinajstić information content (AvgIpc) is 2.42. The molecule has 0 atom stereocenters. The number of rotatable bonds is 2. The van der Waals surface area contributed by atoms with Crippen molar-refractivity contribution in [2.24, 2.45) is 0 Å². The largest absolute Gasteiger partial charge is 0.504 e. The first-order valence-corrected chi connectivity index (χ1v) is 5.73. The Labute approximate surface area is 108 Å². The zero-order valence-electron chi connectivity index (χ0n) is 10.7. The number of aliphatic hydroxyl groups excluding tert-OH is 1. The minimum atomic E-state index is 0.146. The Morgan fingerprint density at radius 3 is 1.83 bits per heavy atom. The van der Waals surface area contributed by atoms with Gasteiger partial charge in [0.15, 0.2) is 5.76 Å². The first-order chi connectivity index (χ1) is 8.74. The van der Waals surface area contributed by atoms with Gasteiger partial charge in [0.2, 0.25) is 0 Å². The fourth-order valence-corrected chi connectivity index (χ4v) is 1.32. The summed E-state index contributed by atoms with van der Waals surface area (Å²) >= 11 is 0. The molecule has 0 fully saturated rings. The van der Waals surface area contributed by atoms with Crippen molar-refractivity contribution in [3.8, 4) is 0 Å². The molecule has 2 aromatic rings. The van der Waals surface area contributed by atoms with Gasteiger partial charge in [-0.25, -0.2) is 0 Å². The van der Waals surface area contributed by atoms with Gasteiger partial charge in [-0.3, -0.25) is 0 Å². The molecule has 18 heavy (non-hydrogen) atoms. The Kier molecular flexibility index (Phi) is 6.12. The van der Waals surface area contributed by atoms with E-state index in [1.54, 1.807) is 0 Å². The summed E-state index contributed by atoms with van der Waals surface area (Å²) in [4.78, 5) is 0. The van der Waals surface area contributed by atoms with Crippen LogP contribution in [0, 0.1) is 6.92 Å². The fraction of sp³-hybridized carbons (Fsp3) is 0.125. The number of ether oxygens (including phenoxy) is 1. The van der Waals surface area contributed by atoms with Gasteiger partial charge >= 0.3 is 0 Å². The average molecular weight is 242 g/mol. The third-order valence-electron chi connectivity index (χ3n) is 2.24. The maximum Gasteiger partial charge on any atom is 0.157 e. The van der Waals surface area contributed by atoms with Crippen molar-refractivity contribution in [1.29, 1.82) is 0 Å². The lowest BCUT2D eigenvalue weighted by molar-refractivity contribution is 0.326. The second-order valence-electron chi connectivity index (χ2n) is 3.76. The van der Waals surface area contributed by atoms with Crippen molar-refractivity contribution in [2.45, 2.75) is 6.92 Å². The Hall–Kier alpha value is -2.22. The molecule has 2 aromatic carbocycles. The first-order valence-electron chi connectivity index (χ1n) is 5.73. The Balaban J connectivity index is 0.000000199. The van der Waals surface area contributed by atoms with Gasteiger partial charge in [-0.1, -0.05) is 66.2 Å². The summed E-state index contributed by atoms with van der Waals surface area (Å²) in [5.74, 6) is 0.146. The van der Waals surface area contributed by atoms with Crippen LogP contribution < -0.4 is 0 Å². The molecule has 2 rings (SSSR count). The molecule has 0 saturated heterocycles. The number of hydrogen-bond donors (Lipinski definition) is 1. The predicted octanol–water partition coefficient (Wildman–Crippen LogP) is 4.18. The van der Waals surface area contributed by atoms with E-state index in [2.05, 4.69) is 23.8 Å². The molecule has 0 amide bonds. The van der Waals surface area contributed by atoms with Gasteiger partial charge < -0.3 is 9.84 Å². The molecule has 94 valence electrons. The molecule has 0 unspecified atom stereocenters. The predicted molar refractivity (Wildman–Crippen MR) is 75.2 cm³/mol. The highest BCUT2D eigenvalue weighted by Crippen LogP contribution is 2.09. The van der Waals surface area contributed by atoms with Crippen molar-refractivity contribution in [2.75, 3.05) is 7.11 Å². The van der Waals surface area contributed by atoms with Crippen LogP contribution in [-0.2, 0) is 4.74 Å². The molecule has 1 N–H and O–H groups in total. The summed E-state index contributed by atoms with van der Waals surface area (Å²) in [7, 11) is 1.50. The Morgan fingerprint density at radius 1 is 0.944 bits per heavy atom. The summed E-state index contributed by atoms with van der Waals surface area (Å²) < 4.78 is 4.65. The standard InChI is InChI=1S/C9H10O2.C7H8/c1-11-7-9(10)8-5-3-2-4-6-8;1-7-5-3-2-4-6-7/h2-7,10H,1H3;2-6H,1H3.